The van der Waals surface area contributed by atoms with E-state index >= 15 is 0 Å². The molecule has 0 aromatic heterocycles. The van der Waals surface area contributed by atoms with E-state index in [1.807, 2.05) is 11.8 Å². The van der Waals surface area contributed by atoms with Crippen molar-refractivity contribution < 1.29 is 0 Å². The minimum Gasteiger partial charge on any atom is -0.372 e. The number of nitrogens with zero attached hydrogens (tertiary/aromatic N) is 1. The number of hydrogen-bond donors (Lipinski definition) is 2. The van der Waals surface area contributed by atoms with Gasteiger partial charge in [0.2, 0.25) is 0 Å². The molecule has 1 aromatic carbocycles. The zero-order chi connectivity index (χ0) is 15.6. The first kappa shape index (κ1) is 17.4. The third kappa shape index (κ3) is 6.05. The predicted octanol–water partition coefficient (Wildman–Crippen LogP) is 4.11. The minimum atomic E-state index is 0.712. The van der Waals surface area contributed by atoms with Crippen molar-refractivity contribution in [2.24, 2.45) is 0 Å². The molecule has 3 nitrogen and oxygen atoms in total. The molecule has 1 aliphatic rings. The smallest absolute Gasteiger partial charge is 0.170 e. The monoisotopic (exact) mass is 337 g/mol. The maximum Gasteiger partial charge on any atom is 0.170 e. The Labute approximate surface area is 144 Å². The van der Waals surface area contributed by atoms with E-state index in [1.54, 1.807) is 0 Å². The standard InChI is InChI=1S/C17H27N3S2/c1-22-14-6-11-18-17(21)19-15-7-9-16(10-8-15)20-12-4-2-3-5-13-20/h7-10H,2-6,11-14H2,1H3,(H2,18,19,21). The molecule has 22 heavy (non-hydrogen) atoms. The molecule has 0 bridgehead atoms. The third-order valence-electron chi connectivity index (χ3n) is 3.91. The Bertz CT molecular complexity index is 440. The Morgan fingerprint density at radius 1 is 1.14 bits per heavy atom. The van der Waals surface area contributed by atoms with Gasteiger partial charge in [-0.2, -0.15) is 11.8 Å². The fraction of sp³-hybridized carbons (Fsp3) is 0.588. The Morgan fingerprint density at radius 3 is 2.45 bits per heavy atom. The second-order valence-electron chi connectivity index (χ2n) is 5.68. The van der Waals surface area contributed by atoms with Crippen molar-refractivity contribution in [2.45, 2.75) is 32.1 Å². The van der Waals surface area contributed by atoms with Crippen LogP contribution in [0.1, 0.15) is 32.1 Å². The van der Waals surface area contributed by atoms with Gasteiger partial charge in [-0.3, -0.25) is 0 Å². The summed E-state index contributed by atoms with van der Waals surface area (Å²) in [5, 5.41) is 7.22. The van der Waals surface area contributed by atoms with Crippen molar-refractivity contribution in [2.75, 3.05) is 41.9 Å². The lowest BCUT2D eigenvalue weighted by Gasteiger charge is -2.23. The van der Waals surface area contributed by atoms with Crippen LogP contribution in [0.5, 0.6) is 0 Å². The van der Waals surface area contributed by atoms with E-state index in [0.29, 0.717) is 5.11 Å². The van der Waals surface area contributed by atoms with Crippen LogP contribution >= 0.6 is 24.0 Å². The van der Waals surface area contributed by atoms with Gasteiger partial charge in [-0.1, -0.05) is 12.8 Å². The summed E-state index contributed by atoms with van der Waals surface area (Å²) >= 11 is 7.19. The van der Waals surface area contributed by atoms with Crippen molar-refractivity contribution in [1.29, 1.82) is 0 Å². The van der Waals surface area contributed by atoms with Crippen LogP contribution in [0.25, 0.3) is 0 Å². The SMILES string of the molecule is CSCCCNC(=S)Nc1ccc(N2CCCCCC2)cc1. The predicted molar refractivity (Wildman–Crippen MR) is 104 cm³/mol. The van der Waals surface area contributed by atoms with Gasteiger partial charge in [0.1, 0.15) is 0 Å². The Hall–Kier alpha value is -0.940. The van der Waals surface area contributed by atoms with Crippen LogP contribution in [0.3, 0.4) is 0 Å². The topological polar surface area (TPSA) is 27.3 Å². The van der Waals surface area contributed by atoms with Crippen LogP contribution in [0.4, 0.5) is 11.4 Å². The first-order valence-corrected chi connectivity index (χ1v) is 9.98. The number of thiocarbonyl (C=S) groups is 1. The van der Waals surface area contributed by atoms with Gasteiger partial charge in [-0.25, -0.2) is 0 Å². The lowest BCUT2D eigenvalue weighted by molar-refractivity contribution is 0.726. The molecule has 2 rings (SSSR count). The largest absolute Gasteiger partial charge is 0.372 e. The Kier molecular flexibility index (Phi) is 7.88. The summed E-state index contributed by atoms with van der Waals surface area (Å²) in [6.45, 7) is 3.29. The van der Waals surface area contributed by atoms with Crippen molar-refractivity contribution in [3.63, 3.8) is 0 Å². The first-order chi connectivity index (χ1) is 10.8. The van der Waals surface area contributed by atoms with Crippen LogP contribution in [-0.2, 0) is 0 Å². The third-order valence-corrected chi connectivity index (χ3v) is 4.85. The van der Waals surface area contributed by atoms with Crippen molar-refractivity contribution >= 4 is 40.5 Å². The molecule has 0 unspecified atom stereocenters. The normalized spacial score (nSPS) is 15.2. The molecule has 1 aromatic rings. The van der Waals surface area contributed by atoms with E-state index in [9.17, 15) is 0 Å². The molecule has 0 amide bonds. The maximum atomic E-state index is 5.32. The summed E-state index contributed by atoms with van der Waals surface area (Å²) in [4.78, 5) is 2.50. The van der Waals surface area contributed by atoms with Crippen LogP contribution in [0.2, 0.25) is 0 Å². The van der Waals surface area contributed by atoms with Gasteiger partial charge in [0.05, 0.1) is 0 Å². The molecule has 1 fully saturated rings. The molecule has 0 saturated carbocycles. The zero-order valence-electron chi connectivity index (χ0n) is 13.4. The van der Waals surface area contributed by atoms with Gasteiger partial charge in [0, 0.05) is 31.0 Å². The minimum absolute atomic E-state index is 0.712. The van der Waals surface area contributed by atoms with Crippen LogP contribution in [0.15, 0.2) is 24.3 Å². The highest BCUT2D eigenvalue weighted by atomic mass is 32.2. The number of anilines is 2. The van der Waals surface area contributed by atoms with Crippen molar-refractivity contribution in [1.82, 2.24) is 5.32 Å². The number of rotatable bonds is 6. The molecule has 1 saturated heterocycles. The molecule has 0 spiro atoms. The quantitative estimate of drug-likeness (QED) is 0.602. The molecular formula is C17H27N3S2. The Morgan fingerprint density at radius 2 is 1.82 bits per heavy atom. The fourth-order valence-corrected chi connectivity index (χ4v) is 3.33. The van der Waals surface area contributed by atoms with Crippen LogP contribution < -0.4 is 15.5 Å². The summed E-state index contributed by atoms with van der Waals surface area (Å²) in [5.74, 6) is 1.17. The summed E-state index contributed by atoms with van der Waals surface area (Å²) < 4.78 is 0. The zero-order valence-corrected chi connectivity index (χ0v) is 15.1. The van der Waals surface area contributed by atoms with E-state index in [-0.39, 0.29) is 0 Å². The average Bonchev–Trinajstić information content (AvgIpc) is 2.82. The van der Waals surface area contributed by atoms with Crippen LogP contribution in [-0.4, -0.2) is 36.8 Å². The van der Waals surface area contributed by atoms with Gasteiger partial charge >= 0.3 is 0 Å². The lowest BCUT2D eigenvalue weighted by Crippen LogP contribution is -2.29. The van der Waals surface area contributed by atoms with Crippen LogP contribution in [0, 0.1) is 0 Å². The van der Waals surface area contributed by atoms with E-state index in [4.69, 9.17) is 12.2 Å². The molecule has 1 heterocycles. The highest BCUT2D eigenvalue weighted by Crippen LogP contribution is 2.21. The van der Waals surface area contributed by atoms with Crippen molar-refractivity contribution in [3.8, 4) is 0 Å². The average molecular weight is 338 g/mol. The van der Waals surface area contributed by atoms with Gasteiger partial charge in [0.25, 0.3) is 0 Å². The van der Waals surface area contributed by atoms with E-state index in [0.717, 1.165) is 18.7 Å². The molecule has 1 aliphatic heterocycles. The molecule has 5 heteroatoms. The number of thioether (sulfide) groups is 1. The Balaban J connectivity index is 1.79. The maximum absolute atomic E-state index is 5.32. The summed E-state index contributed by atoms with van der Waals surface area (Å²) in [6.07, 6.45) is 8.62. The van der Waals surface area contributed by atoms with E-state index < -0.39 is 0 Å². The van der Waals surface area contributed by atoms with Gasteiger partial charge in [-0.15, -0.1) is 0 Å². The van der Waals surface area contributed by atoms with E-state index in [2.05, 4.69) is 46.1 Å². The van der Waals surface area contributed by atoms with Gasteiger partial charge in [0.15, 0.2) is 5.11 Å². The number of hydrogen-bond acceptors (Lipinski definition) is 3. The van der Waals surface area contributed by atoms with Crippen molar-refractivity contribution in [3.05, 3.63) is 24.3 Å². The second kappa shape index (κ2) is 9.95. The van der Waals surface area contributed by atoms with E-state index in [1.165, 1.54) is 50.2 Å². The fourth-order valence-electron chi connectivity index (χ4n) is 2.68. The van der Waals surface area contributed by atoms with Gasteiger partial charge in [-0.05, 0) is 67.8 Å². The molecule has 0 atom stereocenters. The summed E-state index contributed by atoms with van der Waals surface area (Å²) in [6, 6.07) is 8.64. The molecular weight excluding hydrogens is 310 g/mol. The molecule has 122 valence electrons. The highest BCUT2D eigenvalue weighted by molar-refractivity contribution is 7.98. The molecule has 0 radical (unpaired) electrons. The second-order valence-corrected chi connectivity index (χ2v) is 7.07. The number of nitrogens with one attached hydrogen (secondary N) is 2. The summed E-state index contributed by atoms with van der Waals surface area (Å²) in [7, 11) is 0. The lowest BCUT2D eigenvalue weighted by atomic mass is 10.2. The molecule has 0 aliphatic carbocycles. The highest BCUT2D eigenvalue weighted by Gasteiger charge is 2.09. The number of benzene rings is 1. The summed E-state index contributed by atoms with van der Waals surface area (Å²) in [5.41, 5.74) is 2.38. The molecule has 2 N–H and O–H groups in total. The van der Waals surface area contributed by atoms with Gasteiger partial charge < -0.3 is 15.5 Å². The first-order valence-electron chi connectivity index (χ1n) is 8.18.